The van der Waals surface area contributed by atoms with Gasteiger partial charge in [-0.05, 0) is 30.7 Å². The Bertz CT molecular complexity index is 1190. The monoisotopic (exact) mass is 405 g/mol. The molecule has 0 aliphatic carbocycles. The summed E-state index contributed by atoms with van der Waals surface area (Å²) < 4.78 is 4.88. The lowest BCUT2D eigenvalue weighted by Crippen LogP contribution is -2.32. The molecule has 8 heteroatoms. The van der Waals surface area contributed by atoms with Gasteiger partial charge in [-0.2, -0.15) is 0 Å². The number of para-hydroxylation sites is 3. The SMILES string of the molecule is COC(=O)C(CC1CC(=O)N(c2ccccc2)C1=O)c1nc2ccccc2[nH]c1=O. The van der Waals surface area contributed by atoms with Crippen molar-refractivity contribution in [1.82, 2.24) is 9.97 Å². The van der Waals surface area contributed by atoms with Crippen molar-refractivity contribution in [2.24, 2.45) is 5.92 Å². The molecule has 4 rings (SSSR count). The Labute approximate surface area is 171 Å². The minimum absolute atomic E-state index is 0.0287. The van der Waals surface area contributed by atoms with Gasteiger partial charge in [0.2, 0.25) is 11.8 Å². The quantitative estimate of drug-likeness (QED) is 0.515. The van der Waals surface area contributed by atoms with Crippen LogP contribution in [0.4, 0.5) is 5.69 Å². The van der Waals surface area contributed by atoms with Crippen LogP contribution in [-0.2, 0) is 19.1 Å². The van der Waals surface area contributed by atoms with Gasteiger partial charge in [-0.15, -0.1) is 0 Å². The molecular formula is C22H19N3O5. The third-order valence-corrected chi connectivity index (χ3v) is 5.22. The predicted octanol–water partition coefficient (Wildman–Crippen LogP) is 2.15. The summed E-state index contributed by atoms with van der Waals surface area (Å²) >= 11 is 0. The van der Waals surface area contributed by atoms with Crippen LogP contribution in [0, 0.1) is 5.92 Å². The molecule has 3 aromatic rings. The number of carbonyl (C=O) groups excluding carboxylic acids is 3. The van der Waals surface area contributed by atoms with Crippen LogP contribution in [-0.4, -0.2) is 34.9 Å². The van der Waals surface area contributed by atoms with Gasteiger partial charge in [-0.25, -0.2) is 4.98 Å². The van der Waals surface area contributed by atoms with Crippen molar-refractivity contribution >= 4 is 34.5 Å². The van der Waals surface area contributed by atoms with Gasteiger partial charge in [0.1, 0.15) is 11.6 Å². The maximum atomic E-state index is 12.9. The van der Waals surface area contributed by atoms with Crippen LogP contribution in [0.3, 0.4) is 0 Å². The second-order valence-corrected chi connectivity index (χ2v) is 7.08. The van der Waals surface area contributed by atoms with Gasteiger partial charge in [0.15, 0.2) is 0 Å². The fourth-order valence-corrected chi connectivity index (χ4v) is 3.75. The maximum absolute atomic E-state index is 12.9. The molecule has 8 nitrogen and oxygen atoms in total. The van der Waals surface area contributed by atoms with Gasteiger partial charge in [-0.3, -0.25) is 24.1 Å². The Morgan fingerprint density at radius 2 is 1.83 bits per heavy atom. The van der Waals surface area contributed by atoms with E-state index in [0.717, 1.165) is 4.90 Å². The number of carbonyl (C=O) groups is 3. The number of fused-ring (bicyclic) bond motifs is 1. The molecule has 1 aliphatic heterocycles. The van der Waals surface area contributed by atoms with E-state index in [2.05, 4.69) is 9.97 Å². The number of nitrogens with one attached hydrogen (secondary N) is 1. The summed E-state index contributed by atoms with van der Waals surface area (Å²) in [6.45, 7) is 0. The number of imide groups is 1. The second kappa shape index (κ2) is 7.90. The number of nitrogens with zero attached hydrogens (tertiary/aromatic N) is 2. The molecule has 1 fully saturated rings. The molecule has 0 spiro atoms. The summed E-state index contributed by atoms with van der Waals surface area (Å²) in [5.41, 5.74) is 0.976. The molecule has 0 saturated carbocycles. The molecule has 0 bridgehead atoms. The number of methoxy groups -OCH3 is 1. The maximum Gasteiger partial charge on any atom is 0.314 e. The van der Waals surface area contributed by atoms with E-state index in [1.54, 1.807) is 54.6 Å². The first-order chi connectivity index (χ1) is 14.5. The van der Waals surface area contributed by atoms with Crippen molar-refractivity contribution in [3.8, 4) is 0 Å². The number of aromatic nitrogens is 2. The zero-order chi connectivity index (χ0) is 21.3. The van der Waals surface area contributed by atoms with E-state index in [1.165, 1.54) is 7.11 Å². The lowest BCUT2D eigenvalue weighted by molar-refractivity contribution is -0.143. The number of aromatic amines is 1. The number of hydrogen-bond donors (Lipinski definition) is 1. The van der Waals surface area contributed by atoms with Crippen molar-refractivity contribution in [2.75, 3.05) is 12.0 Å². The van der Waals surface area contributed by atoms with Crippen molar-refractivity contribution in [3.63, 3.8) is 0 Å². The van der Waals surface area contributed by atoms with Gasteiger partial charge in [0, 0.05) is 12.3 Å². The Morgan fingerprint density at radius 1 is 1.13 bits per heavy atom. The van der Waals surface area contributed by atoms with Crippen LogP contribution < -0.4 is 10.5 Å². The highest BCUT2D eigenvalue weighted by Crippen LogP contribution is 2.33. The van der Waals surface area contributed by atoms with Gasteiger partial charge in [0.25, 0.3) is 5.56 Å². The average molecular weight is 405 g/mol. The highest BCUT2D eigenvalue weighted by atomic mass is 16.5. The zero-order valence-corrected chi connectivity index (χ0v) is 16.2. The predicted molar refractivity (Wildman–Crippen MR) is 109 cm³/mol. The van der Waals surface area contributed by atoms with Gasteiger partial charge in [-0.1, -0.05) is 30.3 Å². The molecular weight excluding hydrogens is 386 g/mol. The Kier molecular flexibility index (Phi) is 5.14. The Morgan fingerprint density at radius 3 is 2.57 bits per heavy atom. The molecule has 0 radical (unpaired) electrons. The molecule has 1 N–H and O–H groups in total. The number of hydrogen-bond acceptors (Lipinski definition) is 6. The molecule has 30 heavy (non-hydrogen) atoms. The first-order valence-electron chi connectivity index (χ1n) is 9.48. The molecule has 152 valence electrons. The van der Waals surface area contributed by atoms with Crippen LogP contribution in [0.1, 0.15) is 24.5 Å². The number of rotatable bonds is 5. The highest BCUT2D eigenvalue weighted by Gasteiger charge is 2.42. The van der Waals surface area contributed by atoms with E-state index < -0.39 is 29.3 Å². The number of anilines is 1. The zero-order valence-electron chi connectivity index (χ0n) is 16.2. The topological polar surface area (TPSA) is 109 Å². The van der Waals surface area contributed by atoms with E-state index in [1.807, 2.05) is 0 Å². The Balaban J connectivity index is 1.67. The van der Waals surface area contributed by atoms with Crippen molar-refractivity contribution in [2.45, 2.75) is 18.8 Å². The standard InChI is InChI=1S/C22H19N3O5/c1-30-22(29)15(19-20(27)24-17-10-6-5-9-16(17)23-19)11-13-12-18(26)25(21(13)28)14-7-3-2-4-8-14/h2-10,13,15H,11-12H2,1H3,(H,24,27). The summed E-state index contributed by atoms with van der Waals surface area (Å²) in [5, 5.41) is 0. The van der Waals surface area contributed by atoms with Crippen LogP contribution in [0.25, 0.3) is 11.0 Å². The number of ether oxygens (including phenoxy) is 1. The first-order valence-corrected chi connectivity index (χ1v) is 9.48. The molecule has 2 heterocycles. The normalized spacial score (nSPS) is 17.4. The average Bonchev–Trinajstić information content (AvgIpc) is 3.04. The smallest absolute Gasteiger partial charge is 0.314 e. The fraction of sp³-hybridized carbons (Fsp3) is 0.227. The van der Waals surface area contributed by atoms with Crippen molar-refractivity contribution in [3.05, 3.63) is 70.6 Å². The summed E-state index contributed by atoms with van der Waals surface area (Å²) in [5.74, 6) is -3.26. The summed E-state index contributed by atoms with van der Waals surface area (Å²) in [4.78, 5) is 58.7. The van der Waals surface area contributed by atoms with Crippen LogP contribution in [0.15, 0.2) is 59.4 Å². The van der Waals surface area contributed by atoms with Gasteiger partial charge >= 0.3 is 5.97 Å². The van der Waals surface area contributed by atoms with E-state index in [0.29, 0.717) is 16.7 Å². The van der Waals surface area contributed by atoms with Gasteiger partial charge < -0.3 is 9.72 Å². The highest BCUT2D eigenvalue weighted by molar-refractivity contribution is 6.21. The minimum Gasteiger partial charge on any atom is -0.469 e. The third-order valence-electron chi connectivity index (χ3n) is 5.22. The summed E-state index contributed by atoms with van der Waals surface area (Å²) in [7, 11) is 1.21. The van der Waals surface area contributed by atoms with E-state index in [-0.39, 0.29) is 24.4 Å². The third kappa shape index (κ3) is 3.47. The molecule has 1 aliphatic rings. The molecule has 1 aromatic heterocycles. The molecule has 1 saturated heterocycles. The van der Waals surface area contributed by atoms with E-state index in [4.69, 9.17) is 4.74 Å². The number of amides is 2. The summed E-state index contributed by atoms with van der Waals surface area (Å²) in [6, 6.07) is 15.5. The molecule has 2 atom stereocenters. The fourth-order valence-electron chi connectivity index (χ4n) is 3.75. The molecule has 2 aromatic carbocycles. The van der Waals surface area contributed by atoms with Crippen LogP contribution in [0.2, 0.25) is 0 Å². The number of benzene rings is 2. The first kappa shape index (κ1) is 19.5. The minimum atomic E-state index is -1.07. The van der Waals surface area contributed by atoms with Crippen molar-refractivity contribution < 1.29 is 19.1 Å². The second-order valence-electron chi connectivity index (χ2n) is 7.08. The van der Waals surface area contributed by atoms with Gasteiger partial charge in [0.05, 0.1) is 23.8 Å². The largest absolute Gasteiger partial charge is 0.469 e. The number of esters is 1. The summed E-state index contributed by atoms with van der Waals surface area (Å²) in [6.07, 6.45) is -0.0955. The lowest BCUT2D eigenvalue weighted by Gasteiger charge is -2.18. The molecule has 2 amide bonds. The van der Waals surface area contributed by atoms with Crippen LogP contribution in [0.5, 0.6) is 0 Å². The van der Waals surface area contributed by atoms with E-state index >= 15 is 0 Å². The van der Waals surface area contributed by atoms with Crippen LogP contribution >= 0.6 is 0 Å². The molecule has 2 unspecified atom stereocenters. The Hall–Kier alpha value is -3.81. The van der Waals surface area contributed by atoms with Crippen molar-refractivity contribution in [1.29, 1.82) is 0 Å². The lowest BCUT2D eigenvalue weighted by atomic mass is 9.90. The number of H-pyrrole nitrogens is 1. The van der Waals surface area contributed by atoms with E-state index in [9.17, 15) is 19.2 Å².